The van der Waals surface area contributed by atoms with E-state index in [9.17, 15) is 14.9 Å². The first kappa shape index (κ1) is 14.3. The zero-order valence-corrected chi connectivity index (χ0v) is 9.32. The SMILES string of the molecule is COC(=O)c1cc(CN)ccc1[N+](=O)[O-].Cl. The fourth-order valence-electron chi connectivity index (χ4n) is 1.14. The number of nitrogens with two attached hydrogens (primary N) is 1. The minimum atomic E-state index is -0.739. The molecule has 0 fully saturated rings. The fourth-order valence-corrected chi connectivity index (χ4v) is 1.14. The van der Waals surface area contributed by atoms with Crippen LogP contribution in [-0.4, -0.2) is 18.0 Å². The fraction of sp³-hybridized carbons (Fsp3) is 0.222. The van der Waals surface area contributed by atoms with Crippen LogP contribution in [0.15, 0.2) is 18.2 Å². The highest BCUT2D eigenvalue weighted by molar-refractivity contribution is 5.94. The highest BCUT2D eigenvalue weighted by atomic mass is 35.5. The molecular weight excluding hydrogens is 236 g/mol. The molecule has 16 heavy (non-hydrogen) atoms. The van der Waals surface area contributed by atoms with Gasteiger partial charge in [0.15, 0.2) is 0 Å². The molecule has 1 rings (SSSR count). The minimum Gasteiger partial charge on any atom is -0.465 e. The lowest BCUT2D eigenvalue weighted by Crippen LogP contribution is -2.07. The number of rotatable bonds is 3. The highest BCUT2D eigenvalue weighted by Gasteiger charge is 2.20. The number of methoxy groups -OCH3 is 1. The van der Waals surface area contributed by atoms with Crippen molar-refractivity contribution in [1.29, 1.82) is 0 Å². The van der Waals surface area contributed by atoms with Gasteiger partial charge < -0.3 is 10.5 Å². The van der Waals surface area contributed by atoms with Crippen LogP contribution in [0, 0.1) is 10.1 Å². The van der Waals surface area contributed by atoms with E-state index >= 15 is 0 Å². The quantitative estimate of drug-likeness (QED) is 0.492. The summed E-state index contributed by atoms with van der Waals surface area (Å²) in [5.41, 5.74) is 5.65. The van der Waals surface area contributed by atoms with E-state index in [2.05, 4.69) is 4.74 Å². The van der Waals surface area contributed by atoms with Crippen LogP contribution in [0.25, 0.3) is 0 Å². The average molecular weight is 247 g/mol. The Kier molecular flexibility index (Phi) is 5.41. The molecule has 1 aromatic carbocycles. The van der Waals surface area contributed by atoms with E-state index in [0.29, 0.717) is 5.56 Å². The third kappa shape index (κ3) is 2.91. The van der Waals surface area contributed by atoms with E-state index in [-0.39, 0.29) is 30.2 Å². The first-order chi connectivity index (χ1) is 7.10. The maximum Gasteiger partial charge on any atom is 0.344 e. The van der Waals surface area contributed by atoms with Gasteiger partial charge in [-0.15, -0.1) is 12.4 Å². The number of ether oxygens (including phenoxy) is 1. The van der Waals surface area contributed by atoms with Crippen molar-refractivity contribution < 1.29 is 14.5 Å². The lowest BCUT2D eigenvalue weighted by Gasteiger charge is -2.03. The molecule has 0 saturated carbocycles. The van der Waals surface area contributed by atoms with Gasteiger partial charge in [0.25, 0.3) is 5.69 Å². The van der Waals surface area contributed by atoms with Crippen LogP contribution in [0.4, 0.5) is 5.69 Å². The number of halogens is 1. The molecule has 0 saturated heterocycles. The van der Waals surface area contributed by atoms with Crippen LogP contribution in [0.3, 0.4) is 0 Å². The number of hydrogen-bond acceptors (Lipinski definition) is 5. The monoisotopic (exact) mass is 246 g/mol. The van der Waals surface area contributed by atoms with E-state index in [1.165, 1.54) is 25.3 Å². The molecule has 0 aliphatic heterocycles. The molecule has 0 heterocycles. The first-order valence-electron chi connectivity index (χ1n) is 4.16. The summed E-state index contributed by atoms with van der Waals surface area (Å²) in [6.07, 6.45) is 0. The number of carbonyl (C=O) groups excluding carboxylic acids is 1. The van der Waals surface area contributed by atoms with Gasteiger partial charge in [0.2, 0.25) is 0 Å². The summed E-state index contributed by atoms with van der Waals surface area (Å²) < 4.78 is 4.44. The van der Waals surface area contributed by atoms with Crippen LogP contribution in [0.2, 0.25) is 0 Å². The number of nitro benzene ring substituents is 1. The van der Waals surface area contributed by atoms with Crippen LogP contribution in [0.5, 0.6) is 0 Å². The predicted octanol–water partition coefficient (Wildman–Crippen LogP) is 1.26. The van der Waals surface area contributed by atoms with Gasteiger partial charge in [-0.05, 0) is 11.6 Å². The Hall–Kier alpha value is -1.66. The third-order valence-electron chi connectivity index (χ3n) is 1.90. The summed E-state index contributed by atoms with van der Waals surface area (Å²) >= 11 is 0. The molecule has 2 N–H and O–H groups in total. The first-order valence-corrected chi connectivity index (χ1v) is 4.16. The second-order valence-corrected chi connectivity index (χ2v) is 2.80. The van der Waals surface area contributed by atoms with Crippen LogP contribution >= 0.6 is 12.4 Å². The van der Waals surface area contributed by atoms with E-state index in [4.69, 9.17) is 5.73 Å². The van der Waals surface area contributed by atoms with Gasteiger partial charge in [-0.3, -0.25) is 10.1 Å². The molecule has 0 aromatic heterocycles. The van der Waals surface area contributed by atoms with Crippen LogP contribution < -0.4 is 5.73 Å². The molecule has 1 aromatic rings. The molecule has 7 heteroatoms. The van der Waals surface area contributed by atoms with Crippen molar-refractivity contribution in [2.45, 2.75) is 6.54 Å². The maximum atomic E-state index is 11.2. The number of nitro groups is 1. The summed E-state index contributed by atoms with van der Waals surface area (Å²) in [4.78, 5) is 21.2. The van der Waals surface area contributed by atoms with E-state index < -0.39 is 10.9 Å². The molecule has 0 amide bonds. The van der Waals surface area contributed by atoms with Gasteiger partial charge in [0, 0.05) is 12.6 Å². The topological polar surface area (TPSA) is 95.5 Å². The number of carbonyl (C=O) groups is 1. The number of esters is 1. The molecule has 88 valence electrons. The van der Waals surface area contributed by atoms with Gasteiger partial charge in [-0.2, -0.15) is 0 Å². The van der Waals surface area contributed by atoms with Crippen molar-refractivity contribution in [3.05, 3.63) is 39.4 Å². The van der Waals surface area contributed by atoms with Crippen molar-refractivity contribution >= 4 is 24.1 Å². The molecule has 0 radical (unpaired) electrons. The Labute approximate surface area is 97.9 Å². The smallest absolute Gasteiger partial charge is 0.344 e. The normalized spacial score (nSPS) is 9.12. The number of nitrogens with zero attached hydrogens (tertiary/aromatic N) is 1. The van der Waals surface area contributed by atoms with Gasteiger partial charge >= 0.3 is 5.97 Å². The molecular formula is C9H11ClN2O4. The van der Waals surface area contributed by atoms with Crippen molar-refractivity contribution in [2.75, 3.05) is 7.11 Å². The van der Waals surface area contributed by atoms with Gasteiger partial charge in [-0.1, -0.05) is 6.07 Å². The van der Waals surface area contributed by atoms with Crippen molar-refractivity contribution in [3.8, 4) is 0 Å². The Morgan fingerprint density at radius 2 is 2.19 bits per heavy atom. The minimum absolute atomic E-state index is 0. The Morgan fingerprint density at radius 1 is 1.56 bits per heavy atom. The van der Waals surface area contributed by atoms with E-state index in [0.717, 1.165) is 0 Å². The number of hydrogen-bond donors (Lipinski definition) is 1. The lowest BCUT2D eigenvalue weighted by molar-refractivity contribution is -0.385. The molecule has 0 unspecified atom stereocenters. The summed E-state index contributed by atoms with van der Waals surface area (Å²) in [6, 6.07) is 4.11. The molecule has 0 atom stereocenters. The summed E-state index contributed by atoms with van der Waals surface area (Å²) in [5, 5.41) is 10.6. The Morgan fingerprint density at radius 3 is 2.62 bits per heavy atom. The molecule has 0 aliphatic carbocycles. The van der Waals surface area contributed by atoms with Crippen molar-refractivity contribution in [1.82, 2.24) is 0 Å². The largest absolute Gasteiger partial charge is 0.465 e. The van der Waals surface area contributed by atoms with Gasteiger partial charge in [0.1, 0.15) is 5.56 Å². The van der Waals surface area contributed by atoms with Crippen LogP contribution in [0.1, 0.15) is 15.9 Å². The zero-order chi connectivity index (χ0) is 11.4. The van der Waals surface area contributed by atoms with Gasteiger partial charge in [0.05, 0.1) is 12.0 Å². The van der Waals surface area contributed by atoms with E-state index in [1.54, 1.807) is 0 Å². The summed E-state index contributed by atoms with van der Waals surface area (Å²) in [6.45, 7) is 0.210. The maximum absolute atomic E-state index is 11.2. The Balaban J connectivity index is 0.00000225. The second-order valence-electron chi connectivity index (χ2n) is 2.80. The van der Waals surface area contributed by atoms with Gasteiger partial charge in [-0.25, -0.2) is 4.79 Å². The highest BCUT2D eigenvalue weighted by Crippen LogP contribution is 2.20. The zero-order valence-electron chi connectivity index (χ0n) is 8.50. The van der Waals surface area contributed by atoms with Crippen LogP contribution in [-0.2, 0) is 11.3 Å². The molecule has 0 bridgehead atoms. The standard InChI is InChI=1S/C9H10N2O4.ClH/c1-15-9(12)7-4-6(5-10)2-3-8(7)11(13)14;/h2-4H,5,10H2,1H3;1H. The molecule has 0 aliphatic rings. The predicted molar refractivity (Wildman–Crippen MR) is 59.6 cm³/mol. The average Bonchev–Trinajstić information content (AvgIpc) is 2.26. The molecule has 6 nitrogen and oxygen atoms in total. The summed E-state index contributed by atoms with van der Waals surface area (Å²) in [7, 11) is 1.17. The third-order valence-corrected chi connectivity index (χ3v) is 1.90. The van der Waals surface area contributed by atoms with Crippen molar-refractivity contribution in [2.24, 2.45) is 5.73 Å². The summed E-state index contributed by atoms with van der Waals surface area (Å²) in [5.74, 6) is -0.739. The molecule has 0 spiro atoms. The van der Waals surface area contributed by atoms with E-state index in [1.807, 2.05) is 0 Å². The lowest BCUT2D eigenvalue weighted by atomic mass is 10.1. The second kappa shape index (κ2) is 6.04. The number of benzene rings is 1. The van der Waals surface area contributed by atoms with Crippen molar-refractivity contribution in [3.63, 3.8) is 0 Å². The Bertz CT molecular complexity index is 408.